The third-order valence-electron chi connectivity index (χ3n) is 4.03. The molecule has 0 aromatic carbocycles. The second-order valence-electron chi connectivity index (χ2n) is 5.74. The summed E-state index contributed by atoms with van der Waals surface area (Å²) < 4.78 is 1.59. The van der Waals surface area contributed by atoms with E-state index in [-0.39, 0.29) is 11.1 Å². The molecule has 0 aliphatic carbocycles. The molecule has 0 aliphatic heterocycles. The number of aromatic nitrogens is 3. The molecule has 0 saturated carbocycles. The van der Waals surface area contributed by atoms with Gasteiger partial charge in [0, 0.05) is 36.8 Å². The SMILES string of the molecule is Cc1c(C(=O)O)ccnc1Cc1ccc(Cn2ccccc2=O)nc1. The quantitative estimate of drug-likeness (QED) is 0.773. The molecule has 0 saturated heterocycles. The zero-order chi connectivity index (χ0) is 17.8. The van der Waals surface area contributed by atoms with Crippen LogP contribution in [0.15, 0.2) is 59.8 Å². The zero-order valence-corrected chi connectivity index (χ0v) is 13.7. The molecule has 0 fully saturated rings. The van der Waals surface area contributed by atoms with Crippen LogP contribution in [0.1, 0.15) is 32.9 Å². The van der Waals surface area contributed by atoms with E-state index in [4.69, 9.17) is 0 Å². The minimum absolute atomic E-state index is 0.0707. The predicted molar refractivity (Wildman–Crippen MR) is 92.8 cm³/mol. The molecule has 126 valence electrons. The van der Waals surface area contributed by atoms with E-state index in [9.17, 15) is 14.7 Å². The normalized spacial score (nSPS) is 10.6. The first-order valence-corrected chi connectivity index (χ1v) is 7.81. The number of carboxylic acid groups (broad SMARTS) is 1. The van der Waals surface area contributed by atoms with Gasteiger partial charge >= 0.3 is 5.97 Å². The maximum absolute atomic E-state index is 11.7. The summed E-state index contributed by atoms with van der Waals surface area (Å²) in [6.07, 6.45) is 5.47. The van der Waals surface area contributed by atoms with Crippen molar-refractivity contribution < 1.29 is 9.90 Å². The second-order valence-corrected chi connectivity index (χ2v) is 5.74. The summed E-state index contributed by atoms with van der Waals surface area (Å²) in [5.74, 6) is -0.956. The van der Waals surface area contributed by atoms with Gasteiger partial charge in [-0.2, -0.15) is 0 Å². The van der Waals surface area contributed by atoms with Crippen LogP contribution in [-0.2, 0) is 13.0 Å². The lowest BCUT2D eigenvalue weighted by molar-refractivity contribution is 0.0696. The average Bonchev–Trinajstić information content (AvgIpc) is 2.60. The molecule has 3 aromatic rings. The van der Waals surface area contributed by atoms with Crippen LogP contribution in [0.2, 0.25) is 0 Å². The van der Waals surface area contributed by atoms with Crippen molar-refractivity contribution in [2.45, 2.75) is 19.9 Å². The zero-order valence-electron chi connectivity index (χ0n) is 13.7. The summed E-state index contributed by atoms with van der Waals surface area (Å²) in [7, 11) is 0. The number of carboxylic acids is 1. The fourth-order valence-electron chi connectivity index (χ4n) is 2.60. The maximum Gasteiger partial charge on any atom is 0.336 e. The van der Waals surface area contributed by atoms with Gasteiger partial charge in [-0.3, -0.25) is 14.8 Å². The molecule has 25 heavy (non-hydrogen) atoms. The maximum atomic E-state index is 11.7. The first-order chi connectivity index (χ1) is 12.0. The third-order valence-corrected chi connectivity index (χ3v) is 4.03. The van der Waals surface area contributed by atoms with Gasteiger partial charge in [0.05, 0.1) is 17.8 Å². The highest BCUT2D eigenvalue weighted by Crippen LogP contribution is 2.15. The summed E-state index contributed by atoms with van der Waals surface area (Å²) in [6, 6.07) is 10.3. The molecule has 0 amide bonds. The molecule has 3 heterocycles. The summed E-state index contributed by atoms with van der Waals surface area (Å²) >= 11 is 0. The van der Waals surface area contributed by atoms with Gasteiger partial charge in [0.15, 0.2) is 0 Å². The second kappa shape index (κ2) is 7.09. The first kappa shape index (κ1) is 16.6. The standard InChI is InChI=1S/C19H17N3O3/c1-13-16(19(24)25)7-8-20-17(13)10-14-5-6-15(21-11-14)12-22-9-3-2-4-18(22)23/h2-9,11H,10,12H2,1H3,(H,24,25). The van der Waals surface area contributed by atoms with E-state index in [2.05, 4.69) is 9.97 Å². The molecule has 3 rings (SSSR count). The van der Waals surface area contributed by atoms with Gasteiger partial charge in [0.1, 0.15) is 0 Å². The van der Waals surface area contributed by atoms with Gasteiger partial charge in [0.25, 0.3) is 5.56 Å². The third kappa shape index (κ3) is 3.80. The van der Waals surface area contributed by atoms with Crippen LogP contribution in [0.4, 0.5) is 0 Å². The molecule has 0 aliphatic rings. The van der Waals surface area contributed by atoms with E-state index in [1.54, 1.807) is 36.0 Å². The van der Waals surface area contributed by atoms with Crippen LogP contribution in [0, 0.1) is 6.92 Å². The lowest BCUT2D eigenvalue weighted by Gasteiger charge is -2.09. The Bertz CT molecular complexity index is 962. The molecular formula is C19H17N3O3. The van der Waals surface area contributed by atoms with Gasteiger partial charge in [-0.25, -0.2) is 4.79 Å². The number of rotatable bonds is 5. The Labute approximate surface area is 144 Å². The van der Waals surface area contributed by atoms with E-state index in [0.717, 1.165) is 11.3 Å². The van der Waals surface area contributed by atoms with E-state index in [1.165, 1.54) is 18.3 Å². The highest BCUT2D eigenvalue weighted by atomic mass is 16.4. The van der Waals surface area contributed by atoms with E-state index in [1.807, 2.05) is 12.1 Å². The van der Waals surface area contributed by atoms with Gasteiger partial charge in [-0.05, 0) is 36.2 Å². The number of nitrogens with zero attached hydrogens (tertiary/aromatic N) is 3. The number of aromatic carboxylic acids is 1. The average molecular weight is 335 g/mol. The molecule has 6 heteroatoms. The molecule has 0 radical (unpaired) electrons. The molecular weight excluding hydrogens is 318 g/mol. The summed E-state index contributed by atoms with van der Waals surface area (Å²) in [5.41, 5.74) is 3.28. The van der Waals surface area contributed by atoms with E-state index in [0.29, 0.717) is 24.2 Å². The van der Waals surface area contributed by atoms with E-state index >= 15 is 0 Å². The Morgan fingerprint density at radius 3 is 2.68 bits per heavy atom. The van der Waals surface area contributed by atoms with Crippen LogP contribution in [-0.4, -0.2) is 25.6 Å². The van der Waals surface area contributed by atoms with Crippen molar-refractivity contribution in [2.24, 2.45) is 0 Å². The van der Waals surface area contributed by atoms with Crippen LogP contribution in [0.5, 0.6) is 0 Å². The lowest BCUT2D eigenvalue weighted by atomic mass is 10.0. The van der Waals surface area contributed by atoms with Crippen molar-refractivity contribution in [1.29, 1.82) is 0 Å². The topological polar surface area (TPSA) is 85.1 Å². The predicted octanol–water partition coefficient (Wildman–Crippen LogP) is 2.28. The monoisotopic (exact) mass is 335 g/mol. The highest BCUT2D eigenvalue weighted by Gasteiger charge is 2.11. The fourth-order valence-corrected chi connectivity index (χ4v) is 2.60. The van der Waals surface area contributed by atoms with Gasteiger partial charge in [0.2, 0.25) is 0 Å². The van der Waals surface area contributed by atoms with Crippen molar-refractivity contribution in [3.8, 4) is 0 Å². The number of hydrogen-bond donors (Lipinski definition) is 1. The van der Waals surface area contributed by atoms with Crippen LogP contribution in [0.3, 0.4) is 0 Å². The number of pyridine rings is 3. The van der Waals surface area contributed by atoms with Crippen molar-refractivity contribution in [3.05, 3.63) is 93.4 Å². The summed E-state index contributed by atoms with van der Waals surface area (Å²) in [6.45, 7) is 2.17. The fraction of sp³-hybridized carbons (Fsp3) is 0.158. The minimum Gasteiger partial charge on any atom is -0.478 e. The molecule has 0 spiro atoms. The Morgan fingerprint density at radius 2 is 2.00 bits per heavy atom. The Morgan fingerprint density at radius 1 is 1.16 bits per heavy atom. The highest BCUT2D eigenvalue weighted by molar-refractivity contribution is 5.89. The summed E-state index contributed by atoms with van der Waals surface area (Å²) in [4.78, 5) is 31.6. The Kier molecular flexibility index (Phi) is 4.70. The van der Waals surface area contributed by atoms with Crippen molar-refractivity contribution in [3.63, 3.8) is 0 Å². The molecule has 6 nitrogen and oxygen atoms in total. The van der Waals surface area contributed by atoms with Gasteiger partial charge < -0.3 is 9.67 Å². The minimum atomic E-state index is -0.956. The smallest absolute Gasteiger partial charge is 0.336 e. The molecule has 0 bridgehead atoms. The van der Waals surface area contributed by atoms with Gasteiger partial charge in [-0.1, -0.05) is 12.1 Å². The van der Waals surface area contributed by atoms with Crippen molar-refractivity contribution >= 4 is 5.97 Å². The lowest BCUT2D eigenvalue weighted by Crippen LogP contribution is -2.18. The van der Waals surface area contributed by atoms with Crippen molar-refractivity contribution in [1.82, 2.24) is 14.5 Å². The number of hydrogen-bond acceptors (Lipinski definition) is 4. The van der Waals surface area contributed by atoms with E-state index < -0.39 is 5.97 Å². The van der Waals surface area contributed by atoms with Crippen molar-refractivity contribution in [2.75, 3.05) is 0 Å². The Balaban J connectivity index is 1.78. The van der Waals surface area contributed by atoms with Gasteiger partial charge in [-0.15, -0.1) is 0 Å². The number of carbonyl (C=O) groups is 1. The summed E-state index contributed by atoms with van der Waals surface area (Å²) in [5, 5.41) is 9.19. The molecule has 3 aromatic heterocycles. The first-order valence-electron chi connectivity index (χ1n) is 7.81. The largest absolute Gasteiger partial charge is 0.478 e. The molecule has 1 N–H and O–H groups in total. The van der Waals surface area contributed by atoms with Crippen LogP contribution < -0.4 is 5.56 Å². The molecule has 0 unspecified atom stereocenters. The Hall–Kier alpha value is -3.28. The van der Waals surface area contributed by atoms with Crippen LogP contribution >= 0.6 is 0 Å². The van der Waals surface area contributed by atoms with Crippen LogP contribution in [0.25, 0.3) is 0 Å². The molecule has 0 atom stereocenters.